The molecule has 1 N–H and O–H groups in total. The lowest BCUT2D eigenvalue weighted by atomic mass is 10.1. The Morgan fingerprint density at radius 2 is 1.92 bits per heavy atom. The second kappa shape index (κ2) is 6.75. The molecule has 0 spiro atoms. The van der Waals surface area contributed by atoms with Gasteiger partial charge < -0.3 is 5.32 Å². The van der Waals surface area contributed by atoms with Crippen molar-refractivity contribution >= 4 is 28.2 Å². The summed E-state index contributed by atoms with van der Waals surface area (Å²) < 4.78 is 1.13. The van der Waals surface area contributed by atoms with Crippen molar-refractivity contribution in [3.05, 3.63) is 74.3 Å². The van der Waals surface area contributed by atoms with E-state index in [1.54, 1.807) is 0 Å². The smallest absolute Gasteiger partial charge is 0.270 e. The Bertz CT molecular complexity index is 1070. The first-order chi connectivity index (χ1) is 12.4. The number of nitrogens with zero attached hydrogens (tertiary/aromatic N) is 3. The van der Waals surface area contributed by atoms with Crippen LogP contribution in [0.3, 0.4) is 0 Å². The summed E-state index contributed by atoms with van der Waals surface area (Å²) in [6, 6.07) is 9.52. The molecule has 0 saturated carbocycles. The third-order valence-corrected chi connectivity index (χ3v) is 4.08. The molecule has 3 aromatic rings. The number of amides is 1. The van der Waals surface area contributed by atoms with Gasteiger partial charge in [-0.3, -0.25) is 24.3 Å². The van der Waals surface area contributed by atoms with E-state index in [0.717, 1.165) is 15.7 Å². The maximum Gasteiger partial charge on any atom is 0.270 e. The summed E-state index contributed by atoms with van der Waals surface area (Å²) in [7, 11) is 0. The molecule has 0 bridgehead atoms. The fraction of sp³-hybridized carbons (Fsp3) is 0.167. The molecule has 2 aromatic carbocycles. The van der Waals surface area contributed by atoms with E-state index in [0.29, 0.717) is 11.2 Å². The van der Waals surface area contributed by atoms with E-state index in [1.807, 2.05) is 32.0 Å². The molecule has 0 aliphatic rings. The zero-order valence-electron chi connectivity index (χ0n) is 14.2. The van der Waals surface area contributed by atoms with Crippen molar-refractivity contribution in [3.8, 4) is 0 Å². The molecule has 0 unspecified atom stereocenters. The van der Waals surface area contributed by atoms with Crippen molar-refractivity contribution in [2.24, 2.45) is 0 Å². The van der Waals surface area contributed by atoms with E-state index < -0.39 is 10.5 Å². The molecule has 3 rings (SSSR count). The van der Waals surface area contributed by atoms with Crippen LogP contribution in [0.1, 0.15) is 11.1 Å². The number of aryl methyl sites for hydroxylation is 2. The van der Waals surface area contributed by atoms with Crippen molar-refractivity contribution in [1.29, 1.82) is 0 Å². The molecule has 1 amide bonds. The number of aromatic nitrogens is 2. The molecule has 0 radical (unpaired) electrons. The van der Waals surface area contributed by atoms with E-state index in [1.165, 1.54) is 24.5 Å². The average molecular weight is 352 g/mol. The molecule has 0 atom stereocenters. The highest BCUT2D eigenvalue weighted by molar-refractivity contribution is 5.92. The van der Waals surface area contributed by atoms with E-state index >= 15 is 0 Å². The van der Waals surface area contributed by atoms with E-state index in [9.17, 15) is 19.7 Å². The predicted molar refractivity (Wildman–Crippen MR) is 97.2 cm³/mol. The molecule has 0 aliphatic carbocycles. The summed E-state index contributed by atoms with van der Waals surface area (Å²) in [6.07, 6.45) is 1.26. The number of fused-ring (bicyclic) bond motifs is 1. The van der Waals surface area contributed by atoms with Gasteiger partial charge in [0.2, 0.25) is 5.91 Å². The lowest BCUT2D eigenvalue weighted by molar-refractivity contribution is -0.384. The quantitative estimate of drug-likeness (QED) is 0.573. The first-order valence-electron chi connectivity index (χ1n) is 7.86. The molecular formula is C18H16N4O4. The van der Waals surface area contributed by atoms with Crippen molar-refractivity contribution in [3.63, 3.8) is 0 Å². The van der Waals surface area contributed by atoms with Crippen molar-refractivity contribution < 1.29 is 9.72 Å². The first-order valence-corrected chi connectivity index (χ1v) is 7.86. The molecule has 0 fully saturated rings. The Kier molecular flexibility index (Phi) is 4.49. The van der Waals surface area contributed by atoms with Gasteiger partial charge in [0.15, 0.2) is 0 Å². The Morgan fingerprint density at radius 3 is 2.58 bits per heavy atom. The summed E-state index contributed by atoms with van der Waals surface area (Å²) in [5.74, 6) is -0.379. The number of hydrogen-bond donors (Lipinski definition) is 1. The Balaban J connectivity index is 1.91. The van der Waals surface area contributed by atoms with Crippen LogP contribution in [-0.4, -0.2) is 20.4 Å². The number of benzene rings is 2. The number of nitrogens with one attached hydrogen (secondary N) is 1. The van der Waals surface area contributed by atoms with Crippen LogP contribution in [-0.2, 0) is 11.3 Å². The molecule has 8 heteroatoms. The average Bonchev–Trinajstić information content (AvgIpc) is 2.60. The molecule has 0 saturated heterocycles. The maximum atomic E-state index is 12.5. The Morgan fingerprint density at radius 1 is 1.23 bits per heavy atom. The predicted octanol–water partition coefficient (Wildman–Crippen LogP) is 2.56. The topological polar surface area (TPSA) is 107 Å². The highest BCUT2D eigenvalue weighted by Crippen LogP contribution is 2.19. The maximum absolute atomic E-state index is 12.5. The molecule has 26 heavy (non-hydrogen) atoms. The molecule has 0 aliphatic heterocycles. The molecule has 1 heterocycles. The number of carbonyl (C=O) groups excluding carboxylic acids is 1. The van der Waals surface area contributed by atoms with Crippen LogP contribution in [0.25, 0.3) is 10.9 Å². The monoisotopic (exact) mass is 352 g/mol. The van der Waals surface area contributed by atoms with Gasteiger partial charge in [-0.05, 0) is 31.0 Å². The van der Waals surface area contributed by atoms with Gasteiger partial charge in [-0.15, -0.1) is 0 Å². The zero-order valence-corrected chi connectivity index (χ0v) is 14.2. The third kappa shape index (κ3) is 3.30. The summed E-state index contributed by atoms with van der Waals surface area (Å²) in [6.45, 7) is 3.52. The summed E-state index contributed by atoms with van der Waals surface area (Å²) in [5, 5.41) is 13.8. The van der Waals surface area contributed by atoms with Crippen LogP contribution in [0.2, 0.25) is 0 Å². The molecular weight excluding hydrogens is 336 g/mol. The van der Waals surface area contributed by atoms with Crippen LogP contribution in [0.5, 0.6) is 0 Å². The van der Waals surface area contributed by atoms with Gasteiger partial charge in [-0.2, -0.15) is 0 Å². The number of non-ortho nitro benzene ring substituents is 1. The van der Waals surface area contributed by atoms with Gasteiger partial charge >= 0.3 is 0 Å². The van der Waals surface area contributed by atoms with Gasteiger partial charge in [-0.25, -0.2) is 4.98 Å². The zero-order chi connectivity index (χ0) is 18.8. The Hall–Kier alpha value is -3.55. The Labute approximate surface area is 148 Å². The fourth-order valence-corrected chi connectivity index (χ4v) is 2.72. The molecule has 8 nitrogen and oxygen atoms in total. The minimum Gasteiger partial charge on any atom is -0.324 e. The van der Waals surface area contributed by atoms with Gasteiger partial charge in [0, 0.05) is 17.8 Å². The summed E-state index contributed by atoms with van der Waals surface area (Å²) >= 11 is 0. The lowest BCUT2D eigenvalue weighted by Gasteiger charge is -2.12. The number of anilines is 1. The molecule has 132 valence electrons. The highest BCUT2D eigenvalue weighted by Gasteiger charge is 2.13. The second-order valence-corrected chi connectivity index (χ2v) is 5.95. The van der Waals surface area contributed by atoms with Crippen LogP contribution >= 0.6 is 0 Å². The number of nitro benzene ring substituents is 1. The summed E-state index contributed by atoms with van der Waals surface area (Å²) in [4.78, 5) is 39.3. The van der Waals surface area contributed by atoms with Crippen molar-refractivity contribution in [2.45, 2.75) is 20.4 Å². The van der Waals surface area contributed by atoms with Crippen molar-refractivity contribution in [2.75, 3.05) is 5.32 Å². The van der Waals surface area contributed by atoms with E-state index in [-0.39, 0.29) is 23.5 Å². The standard InChI is InChI=1S/C18H16N4O4/c1-11-4-3-5-12(2)17(11)20-16(23)9-21-10-19-15-7-6-13(22(25)26)8-14(15)18(21)24/h3-8,10H,9H2,1-2H3,(H,20,23). The number of para-hydroxylation sites is 1. The van der Waals surface area contributed by atoms with Crippen LogP contribution in [0, 0.1) is 24.0 Å². The first kappa shape index (κ1) is 17.3. The van der Waals surface area contributed by atoms with Gasteiger partial charge in [0.1, 0.15) is 6.54 Å². The fourth-order valence-electron chi connectivity index (χ4n) is 2.72. The SMILES string of the molecule is Cc1cccc(C)c1NC(=O)Cn1cnc2ccc([N+](=O)[O-])cc2c1=O. The minimum atomic E-state index is -0.579. The number of nitro groups is 1. The number of carbonyl (C=O) groups is 1. The van der Waals surface area contributed by atoms with E-state index in [2.05, 4.69) is 10.3 Å². The largest absolute Gasteiger partial charge is 0.324 e. The lowest BCUT2D eigenvalue weighted by Crippen LogP contribution is -2.28. The normalized spacial score (nSPS) is 10.7. The number of hydrogen-bond acceptors (Lipinski definition) is 5. The van der Waals surface area contributed by atoms with Crippen LogP contribution < -0.4 is 10.9 Å². The van der Waals surface area contributed by atoms with Crippen molar-refractivity contribution in [1.82, 2.24) is 9.55 Å². The highest BCUT2D eigenvalue weighted by atomic mass is 16.6. The van der Waals surface area contributed by atoms with Crippen LogP contribution in [0.4, 0.5) is 11.4 Å². The minimum absolute atomic E-state index is 0.0987. The van der Waals surface area contributed by atoms with Gasteiger partial charge in [-0.1, -0.05) is 18.2 Å². The van der Waals surface area contributed by atoms with E-state index in [4.69, 9.17) is 0 Å². The van der Waals surface area contributed by atoms with Crippen LogP contribution in [0.15, 0.2) is 47.5 Å². The third-order valence-electron chi connectivity index (χ3n) is 4.08. The molecule has 1 aromatic heterocycles. The summed E-state index contributed by atoms with van der Waals surface area (Å²) in [5.41, 5.74) is 2.17. The van der Waals surface area contributed by atoms with Gasteiger partial charge in [0.25, 0.3) is 11.2 Å². The second-order valence-electron chi connectivity index (χ2n) is 5.95. The number of rotatable bonds is 4. The van der Waals surface area contributed by atoms with Gasteiger partial charge in [0.05, 0.1) is 22.2 Å².